The fourth-order valence-corrected chi connectivity index (χ4v) is 1.57. The van der Waals surface area contributed by atoms with Crippen LogP contribution in [-0.2, 0) is 0 Å². The lowest BCUT2D eigenvalue weighted by Gasteiger charge is -2.05. The standard InChI is InChI=1S/C13H11N5O2/c14-6-10-7-17-18(12(10)15)11(19)8-16-13(20)9-4-2-1-3-5-9/h1-5,7H,8,15H2,(H,16,20). The maximum absolute atomic E-state index is 11.8. The van der Waals surface area contributed by atoms with Crippen LogP contribution in [0.5, 0.6) is 0 Å². The van der Waals surface area contributed by atoms with Crippen molar-refractivity contribution in [1.29, 1.82) is 5.26 Å². The molecule has 1 aromatic carbocycles. The molecule has 3 N–H and O–H groups in total. The van der Waals surface area contributed by atoms with Gasteiger partial charge in [-0.2, -0.15) is 15.0 Å². The zero-order valence-electron chi connectivity index (χ0n) is 10.4. The Labute approximate surface area is 114 Å². The zero-order valence-corrected chi connectivity index (χ0v) is 10.4. The molecule has 0 bridgehead atoms. The second-order valence-electron chi connectivity index (χ2n) is 3.91. The third-order valence-corrected chi connectivity index (χ3v) is 2.60. The highest BCUT2D eigenvalue weighted by Gasteiger charge is 2.14. The van der Waals surface area contributed by atoms with Crippen molar-refractivity contribution >= 4 is 17.6 Å². The highest BCUT2D eigenvalue weighted by Crippen LogP contribution is 2.08. The summed E-state index contributed by atoms with van der Waals surface area (Å²) in [5, 5.41) is 14.9. The van der Waals surface area contributed by atoms with Gasteiger partial charge in [-0.25, -0.2) is 0 Å². The molecule has 0 spiro atoms. The number of aromatic nitrogens is 2. The van der Waals surface area contributed by atoms with Gasteiger partial charge in [0.2, 0.25) is 0 Å². The summed E-state index contributed by atoms with van der Waals surface area (Å²) in [6.45, 7) is -0.259. The summed E-state index contributed by atoms with van der Waals surface area (Å²) in [4.78, 5) is 23.6. The number of carbonyl (C=O) groups is 2. The number of carbonyl (C=O) groups excluding carboxylic acids is 2. The van der Waals surface area contributed by atoms with E-state index in [0.717, 1.165) is 4.68 Å². The van der Waals surface area contributed by atoms with E-state index in [4.69, 9.17) is 11.0 Å². The highest BCUT2D eigenvalue weighted by atomic mass is 16.2. The summed E-state index contributed by atoms with van der Waals surface area (Å²) in [6.07, 6.45) is 1.20. The van der Waals surface area contributed by atoms with Gasteiger partial charge in [-0.05, 0) is 12.1 Å². The second kappa shape index (κ2) is 5.67. The number of anilines is 1. The van der Waals surface area contributed by atoms with Gasteiger partial charge >= 0.3 is 0 Å². The molecule has 1 aromatic heterocycles. The van der Waals surface area contributed by atoms with Gasteiger partial charge in [0.05, 0.1) is 12.7 Å². The molecule has 100 valence electrons. The number of rotatable bonds is 3. The Bertz CT molecular complexity index is 685. The molecule has 2 aromatic rings. The normalized spacial score (nSPS) is 9.75. The molecule has 7 nitrogen and oxygen atoms in total. The number of nitrogens with one attached hydrogen (secondary N) is 1. The second-order valence-corrected chi connectivity index (χ2v) is 3.91. The van der Waals surface area contributed by atoms with Crippen LogP contribution in [0, 0.1) is 11.3 Å². The molecule has 0 saturated carbocycles. The number of hydrogen-bond acceptors (Lipinski definition) is 5. The molecule has 0 aliphatic rings. The third kappa shape index (κ3) is 2.64. The van der Waals surface area contributed by atoms with Crippen LogP contribution < -0.4 is 11.1 Å². The first-order chi connectivity index (χ1) is 9.63. The third-order valence-electron chi connectivity index (χ3n) is 2.60. The number of hydrogen-bond donors (Lipinski definition) is 2. The van der Waals surface area contributed by atoms with Crippen LogP contribution in [0.4, 0.5) is 5.82 Å². The Kier molecular flexibility index (Phi) is 3.77. The van der Waals surface area contributed by atoms with Crippen molar-refractivity contribution in [3.63, 3.8) is 0 Å². The average molecular weight is 269 g/mol. The van der Waals surface area contributed by atoms with Gasteiger partial charge in [0.1, 0.15) is 17.5 Å². The lowest BCUT2D eigenvalue weighted by molar-refractivity contribution is 0.0852. The monoisotopic (exact) mass is 269 g/mol. The van der Waals surface area contributed by atoms with Gasteiger partial charge < -0.3 is 11.1 Å². The highest BCUT2D eigenvalue weighted by molar-refractivity contribution is 5.97. The summed E-state index contributed by atoms with van der Waals surface area (Å²) in [5.41, 5.74) is 6.15. The first-order valence-electron chi connectivity index (χ1n) is 5.73. The largest absolute Gasteiger partial charge is 0.382 e. The van der Waals surface area contributed by atoms with E-state index in [-0.39, 0.29) is 23.8 Å². The van der Waals surface area contributed by atoms with Crippen molar-refractivity contribution in [2.24, 2.45) is 0 Å². The van der Waals surface area contributed by atoms with Crippen LogP contribution in [0.1, 0.15) is 20.7 Å². The molecule has 0 saturated heterocycles. The van der Waals surface area contributed by atoms with E-state index >= 15 is 0 Å². The SMILES string of the molecule is N#Cc1cnn(C(=O)CNC(=O)c2ccccc2)c1N. The predicted octanol–water partition coefficient (Wildman–Crippen LogP) is 0.407. The van der Waals surface area contributed by atoms with Crippen LogP contribution >= 0.6 is 0 Å². The van der Waals surface area contributed by atoms with Crippen molar-refractivity contribution < 1.29 is 9.59 Å². The van der Waals surface area contributed by atoms with Crippen LogP contribution in [0.2, 0.25) is 0 Å². The number of nitriles is 1. The minimum Gasteiger partial charge on any atom is -0.382 e. The van der Waals surface area contributed by atoms with Crippen LogP contribution in [0.25, 0.3) is 0 Å². The van der Waals surface area contributed by atoms with E-state index in [0.29, 0.717) is 5.56 Å². The van der Waals surface area contributed by atoms with Crippen molar-refractivity contribution in [2.45, 2.75) is 0 Å². The van der Waals surface area contributed by atoms with E-state index in [9.17, 15) is 9.59 Å². The summed E-state index contributed by atoms with van der Waals surface area (Å²) < 4.78 is 0.893. The van der Waals surface area contributed by atoms with Gasteiger partial charge in [-0.1, -0.05) is 18.2 Å². The number of amides is 1. The van der Waals surface area contributed by atoms with E-state index in [1.54, 1.807) is 30.3 Å². The van der Waals surface area contributed by atoms with Gasteiger partial charge in [0, 0.05) is 5.56 Å². The van der Waals surface area contributed by atoms with Gasteiger partial charge in [-0.15, -0.1) is 0 Å². The summed E-state index contributed by atoms with van der Waals surface area (Å²) in [7, 11) is 0. The zero-order chi connectivity index (χ0) is 14.5. The minimum absolute atomic E-state index is 0.0357. The molecule has 0 aliphatic heterocycles. The summed E-state index contributed by atoms with van der Waals surface area (Å²) >= 11 is 0. The topological polar surface area (TPSA) is 114 Å². The van der Waals surface area contributed by atoms with E-state index in [1.165, 1.54) is 6.20 Å². The Morgan fingerprint density at radius 1 is 1.35 bits per heavy atom. The van der Waals surface area contributed by atoms with E-state index < -0.39 is 5.91 Å². The maximum Gasteiger partial charge on any atom is 0.268 e. The molecule has 1 amide bonds. The summed E-state index contributed by atoms with van der Waals surface area (Å²) in [5.74, 6) is -0.926. The fourth-order valence-electron chi connectivity index (χ4n) is 1.57. The molecule has 7 heteroatoms. The lowest BCUT2D eigenvalue weighted by atomic mass is 10.2. The summed E-state index contributed by atoms with van der Waals surface area (Å²) in [6, 6.07) is 10.3. The van der Waals surface area contributed by atoms with Crippen LogP contribution in [-0.4, -0.2) is 28.1 Å². The Balaban J connectivity index is 2.01. The lowest BCUT2D eigenvalue weighted by Crippen LogP contribution is -2.33. The molecule has 0 radical (unpaired) electrons. The van der Waals surface area contributed by atoms with Crippen molar-refractivity contribution in [3.05, 3.63) is 47.7 Å². The van der Waals surface area contributed by atoms with Gasteiger partial charge in [0.25, 0.3) is 11.8 Å². The Hall–Kier alpha value is -3.14. The fraction of sp³-hybridized carbons (Fsp3) is 0.0769. The maximum atomic E-state index is 11.8. The van der Waals surface area contributed by atoms with Crippen LogP contribution in [0.15, 0.2) is 36.5 Å². The van der Waals surface area contributed by atoms with Crippen LogP contribution in [0.3, 0.4) is 0 Å². The van der Waals surface area contributed by atoms with E-state index in [2.05, 4.69) is 10.4 Å². The number of nitrogens with two attached hydrogens (primary N) is 1. The smallest absolute Gasteiger partial charge is 0.268 e. The Morgan fingerprint density at radius 3 is 2.65 bits per heavy atom. The molecule has 20 heavy (non-hydrogen) atoms. The molecule has 1 heterocycles. The van der Waals surface area contributed by atoms with Crippen molar-refractivity contribution in [2.75, 3.05) is 12.3 Å². The minimum atomic E-state index is -0.520. The van der Waals surface area contributed by atoms with Crippen molar-refractivity contribution in [1.82, 2.24) is 15.1 Å². The molecule has 0 unspecified atom stereocenters. The molecule has 2 rings (SSSR count). The first-order valence-corrected chi connectivity index (χ1v) is 5.73. The van der Waals surface area contributed by atoms with Gasteiger partial charge in [0.15, 0.2) is 0 Å². The number of nitrogens with zero attached hydrogens (tertiary/aromatic N) is 3. The molecule has 0 fully saturated rings. The molecular weight excluding hydrogens is 258 g/mol. The Morgan fingerprint density at radius 2 is 2.05 bits per heavy atom. The molecular formula is C13H11N5O2. The van der Waals surface area contributed by atoms with Crippen molar-refractivity contribution in [3.8, 4) is 6.07 Å². The van der Waals surface area contributed by atoms with Gasteiger partial charge in [-0.3, -0.25) is 9.59 Å². The number of nitrogen functional groups attached to an aromatic ring is 1. The molecule has 0 aliphatic carbocycles. The van der Waals surface area contributed by atoms with E-state index in [1.807, 2.05) is 6.07 Å². The first kappa shape index (κ1) is 13.3. The number of benzene rings is 1. The predicted molar refractivity (Wildman–Crippen MR) is 70.8 cm³/mol. The quantitative estimate of drug-likeness (QED) is 0.837. The average Bonchev–Trinajstić information content (AvgIpc) is 2.86. The molecule has 0 atom stereocenters.